The second-order valence-electron chi connectivity index (χ2n) is 7.34. The molecule has 0 amide bonds. The second kappa shape index (κ2) is 8.75. The minimum Gasteiger partial charge on any atom is -0.411 e. The average molecular weight is 408 g/mol. The molecule has 0 aliphatic heterocycles. The summed E-state index contributed by atoms with van der Waals surface area (Å²) < 4.78 is 0. The Morgan fingerprint density at radius 1 is 0.724 bits per heavy atom. The predicted octanol–water partition coefficient (Wildman–Crippen LogP) is 1.99. The Labute approximate surface area is 168 Å². The Hall–Kier alpha value is -2.72. The third kappa shape index (κ3) is 3.42. The summed E-state index contributed by atoms with van der Waals surface area (Å²) in [6, 6.07) is 0. The van der Waals surface area contributed by atoms with Crippen molar-refractivity contribution in [3.8, 4) is 0 Å². The lowest BCUT2D eigenvalue weighted by molar-refractivity contribution is 0.250. The zero-order chi connectivity index (χ0) is 21.9. The van der Waals surface area contributed by atoms with Crippen LogP contribution in [0.25, 0.3) is 0 Å². The molecular formula is C19H28N4O6. The lowest BCUT2D eigenvalue weighted by atomic mass is 9.58. The quantitative estimate of drug-likeness (QED) is 0.307. The lowest BCUT2D eigenvalue weighted by Crippen LogP contribution is -2.47. The fourth-order valence-electron chi connectivity index (χ4n) is 4.61. The van der Waals surface area contributed by atoms with E-state index in [1.54, 1.807) is 26.0 Å². The highest BCUT2D eigenvalue weighted by Crippen LogP contribution is 2.51. The van der Waals surface area contributed by atoms with Crippen LogP contribution in [-0.4, -0.2) is 66.1 Å². The van der Waals surface area contributed by atoms with Crippen LogP contribution in [0.5, 0.6) is 0 Å². The summed E-state index contributed by atoms with van der Waals surface area (Å²) in [6.45, 7) is 7.42. The third-order valence-electron chi connectivity index (χ3n) is 6.32. The van der Waals surface area contributed by atoms with Gasteiger partial charge in [-0.2, -0.15) is 0 Å². The molecule has 0 saturated carbocycles. The van der Waals surface area contributed by atoms with Crippen molar-refractivity contribution in [3.05, 3.63) is 23.3 Å². The Kier molecular flexibility index (Phi) is 6.81. The number of rotatable bonds is 4. The molecular weight excluding hydrogens is 380 g/mol. The molecule has 0 aromatic heterocycles. The van der Waals surface area contributed by atoms with Gasteiger partial charge in [0.05, 0.1) is 11.4 Å². The smallest absolute Gasteiger partial charge is 0.141 e. The molecule has 0 radical (unpaired) electrons. The molecule has 10 nitrogen and oxygen atoms in total. The molecule has 4 atom stereocenters. The molecule has 2 aliphatic carbocycles. The van der Waals surface area contributed by atoms with Crippen molar-refractivity contribution in [2.45, 2.75) is 52.7 Å². The second-order valence-corrected chi connectivity index (χ2v) is 7.34. The Morgan fingerprint density at radius 3 is 1.31 bits per heavy atom. The van der Waals surface area contributed by atoms with E-state index in [1.807, 2.05) is 13.8 Å². The summed E-state index contributed by atoms with van der Waals surface area (Å²) in [4.78, 5) is 0. The summed E-state index contributed by atoms with van der Waals surface area (Å²) in [5, 5.41) is 70.9. The Morgan fingerprint density at radius 2 is 1.07 bits per heavy atom. The van der Waals surface area contributed by atoms with Crippen molar-refractivity contribution in [2.75, 3.05) is 0 Å². The first-order valence-electron chi connectivity index (χ1n) is 9.45. The third-order valence-corrected chi connectivity index (χ3v) is 6.32. The van der Waals surface area contributed by atoms with E-state index < -0.39 is 29.5 Å². The van der Waals surface area contributed by atoms with Crippen LogP contribution in [0.1, 0.15) is 40.5 Å². The van der Waals surface area contributed by atoms with E-state index >= 15 is 0 Å². The molecule has 2 rings (SSSR count). The topological polar surface area (TPSA) is 171 Å². The minimum atomic E-state index is -1.35. The molecule has 0 aromatic rings. The van der Waals surface area contributed by atoms with Crippen molar-refractivity contribution in [2.24, 2.45) is 37.9 Å². The van der Waals surface area contributed by atoms with Gasteiger partial charge in [-0.15, -0.1) is 0 Å². The van der Waals surface area contributed by atoms with Crippen LogP contribution in [0, 0.1) is 17.3 Å². The van der Waals surface area contributed by atoms with Crippen molar-refractivity contribution in [1.29, 1.82) is 0 Å². The Balaban J connectivity index is 2.80. The van der Waals surface area contributed by atoms with Crippen LogP contribution >= 0.6 is 0 Å². The molecule has 0 aromatic carbocycles. The van der Waals surface area contributed by atoms with Gasteiger partial charge in [-0.3, -0.25) is 0 Å². The monoisotopic (exact) mass is 408 g/mol. The van der Waals surface area contributed by atoms with E-state index in [2.05, 4.69) is 20.6 Å². The van der Waals surface area contributed by atoms with Gasteiger partial charge in [-0.1, -0.05) is 48.3 Å². The van der Waals surface area contributed by atoms with Gasteiger partial charge in [0.1, 0.15) is 23.6 Å². The number of aliphatic hydroxyl groups is 2. The maximum absolute atomic E-state index is 10.3. The van der Waals surface area contributed by atoms with Crippen LogP contribution in [0.15, 0.2) is 43.9 Å². The van der Waals surface area contributed by atoms with E-state index in [1.165, 1.54) is 0 Å². The zero-order valence-corrected chi connectivity index (χ0v) is 16.9. The molecule has 0 heterocycles. The van der Waals surface area contributed by atoms with Crippen LogP contribution in [0.2, 0.25) is 0 Å². The van der Waals surface area contributed by atoms with Gasteiger partial charge in [0, 0.05) is 17.3 Å². The minimum absolute atomic E-state index is 0.0396. The van der Waals surface area contributed by atoms with Crippen LogP contribution < -0.4 is 0 Å². The summed E-state index contributed by atoms with van der Waals surface area (Å²) in [5.41, 5.74) is 0.684. The molecule has 4 unspecified atom stereocenters. The van der Waals surface area contributed by atoms with Crippen LogP contribution in [0.4, 0.5) is 0 Å². The number of aliphatic hydroxyl groups excluding tert-OH is 2. The van der Waals surface area contributed by atoms with Gasteiger partial charge in [0.25, 0.3) is 0 Å². The molecule has 0 spiro atoms. The largest absolute Gasteiger partial charge is 0.411 e. The van der Waals surface area contributed by atoms with E-state index in [9.17, 15) is 31.0 Å². The molecule has 0 saturated heterocycles. The summed E-state index contributed by atoms with van der Waals surface area (Å²) >= 11 is 0. The SMILES string of the molecule is CCC(CC)(C1=CC(=NO)C(O)C(=NO)C1C)C1=CC(=NO)C(O)C(=NO)C1C. The van der Waals surface area contributed by atoms with Crippen LogP contribution in [0.3, 0.4) is 0 Å². The van der Waals surface area contributed by atoms with Gasteiger partial charge in [0.2, 0.25) is 0 Å². The standard InChI is InChI=1S/C19H28N4O6/c1-5-19(6-2,11-7-13(20-26)17(24)15(22-28)9(11)3)12-8-14(21-27)18(25)16(23-29)10(12)4/h7-10,17-18,24-29H,5-6H2,1-4H3. The first-order chi connectivity index (χ1) is 13.8. The van der Waals surface area contributed by atoms with Crippen LogP contribution in [-0.2, 0) is 0 Å². The number of allylic oxidation sites excluding steroid dienone is 2. The van der Waals surface area contributed by atoms with Crippen molar-refractivity contribution < 1.29 is 31.0 Å². The predicted molar refractivity (Wildman–Crippen MR) is 106 cm³/mol. The fourth-order valence-corrected chi connectivity index (χ4v) is 4.61. The van der Waals surface area contributed by atoms with Crippen molar-refractivity contribution in [3.63, 3.8) is 0 Å². The van der Waals surface area contributed by atoms with E-state index in [0.717, 1.165) is 11.1 Å². The highest BCUT2D eigenvalue weighted by molar-refractivity contribution is 6.20. The number of nitrogens with zero attached hydrogens (tertiary/aromatic N) is 4. The summed E-state index contributed by atoms with van der Waals surface area (Å²) in [6.07, 6.45) is 1.55. The number of hydrogen-bond donors (Lipinski definition) is 6. The maximum Gasteiger partial charge on any atom is 0.141 e. The molecule has 0 fully saturated rings. The van der Waals surface area contributed by atoms with Crippen molar-refractivity contribution >= 4 is 22.8 Å². The first-order valence-corrected chi connectivity index (χ1v) is 9.45. The van der Waals surface area contributed by atoms with Gasteiger partial charge in [-0.05, 0) is 36.1 Å². The summed E-state index contributed by atoms with van der Waals surface area (Å²) in [7, 11) is 0. The molecule has 160 valence electrons. The lowest BCUT2D eigenvalue weighted by Gasteiger charge is -2.45. The molecule has 0 bridgehead atoms. The van der Waals surface area contributed by atoms with Crippen molar-refractivity contribution in [1.82, 2.24) is 0 Å². The molecule has 6 N–H and O–H groups in total. The average Bonchev–Trinajstić information content (AvgIpc) is 2.72. The normalized spacial score (nSPS) is 34.0. The number of oxime groups is 4. The fraction of sp³-hybridized carbons (Fsp3) is 0.579. The molecule has 10 heteroatoms. The van der Waals surface area contributed by atoms with Gasteiger partial charge in [-0.25, -0.2) is 0 Å². The van der Waals surface area contributed by atoms with E-state index in [0.29, 0.717) is 12.8 Å². The van der Waals surface area contributed by atoms with E-state index in [-0.39, 0.29) is 22.8 Å². The molecule has 29 heavy (non-hydrogen) atoms. The number of hydrogen-bond acceptors (Lipinski definition) is 10. The van der Waals surface area contributed by atoms with E-state index in [4.69, 9.17) is 0 Å². The maximum atomic E-state index is 10.3. The first kappa shape index (κ1) is 22.6. The highest BCUT2D eigenvalue weighted by atomic mass is 16.4. The van der Waals surface area contributed by atoms with Gasteiger partial charge >= 0.3 is 0 Å². The highest BCUT2D eigenvalue weighted by Gasteiger charge is 2.47. The Bertz CT molecular complexity index is 759. The molecule has 2 aliphatic rings. The summed E-state index contributed by atoms with van der Waals surface area (Å²) in [5.74, 6) is -0.992. The van der Waals surface area contributed by atoms with Gasteiger partial charge < -0.3 is 31.0 Å². The zero-order valence-electron chi connectivity index (χ0n) is 16.9. The van der Waals surface area contributed by atoms with Gasteiger partial charge in [0.15, 0.2) is 0 Å².